The Hall–Kier alpha value is -2.27. The van der Waals surface area contributed by atoms with Crippen LogP contribution in [0.15, 0.2) is 42.5 Å². The first-order chi connectivity index (χ1) is 10.2. The number of thiocarbonyl (C=S) groups is 1. The summed E-state index contributed by atoms with van der Waals surface area (Å²) in [5, 5.41) is 6.84. The van der Waals surface area contributed by atoms with Gasteiger partial charge in [0.2, 0.25) is 0 Å². The molecule has 0 fully saturated rings. The van der Waals surface area contributed by atoms with Gasteiger partial charge in [-0.3, -0.25) is 0 Å². The highest BCUT2D eigenvalue weighted by molar-refractivity contribution is 7.80. The van der Waals surface area contributed by atoms with Gasteiger partial charge >= 0.3 is 0 Å². The fraction of sp³-hybridized carbons (Fsp3) is 0.188. The Kier molecular flexibility index (Phi) is 3.92. The molecule has 0 amide bonds. The Bertz CT molecular complexity index is 673. The normalized spacial score (nSPS) is 12.6. The standard InChI is InChI=1S/C16H16N2O2S/c1-11-3-2-4-12(9-11)17-16(21)18-13-5-6-14-15(10-13)20-8-7-19-14/h2-6,9-10H,7-8H2,1H3,(H2,17,18,21). The zero-order valence-electron chi connectivity index (χ0n) is 11.7. The molecule has 2 aromatic carbocycles. The van der Waals surface area contributed by atoms with Gasteiger partial charge in [-0.05, 0) is 49.0 Å². The summed E-state index contributed by atoms with van der Waals surface area (Å²) in [5.41, 5.74) is 3.01. The molecule has 3 rings (SSSR count). The lowest BCUT2D eigenvalue weighted by Gasteiger charge is -2.19. The summed E-state index contributed by atoms with van der Waals surface area (Å²) in [6.45, 7) is 3.21. The van der Waals surface area contributed by atoms with Gasteiger partial charge in [0.1, 0.15) is 13.2 Å². The van der Waals surface area contributed by atoms with Crippen LogP contribution in [0, 0.1) is 6.92 Å². The quantitative estimate of drug-likeness (QED) is 0.830. The first-order valence-electron chi connectivity index (χ1n) is 6.75. The monoisotopic (exact) mass is 300 g/mol. The molecule has 21 heavy (non-hydrogen) atoms. The molecule has 0 saturated carbocycles. The largest absolute Gasteiger partial charge is 0.486 e. The Balaban J connectivity index is 1.67. The van der Waals surface area contributed by atoms with Gasteiger partial charge in [-0.25, -0.2) is 0 Å². The van der Waals surface area contributed by atoms with Crippen molar-refractivity contribution in [3.63, 3.8) is 0 Å². The maximum Gasteiger partial charge on any atom is 0.175 e. The molecule has 0 spiro atoms. The summed E-state index contributed by atoms with van der Waals surface area (Å²) in [6.07, 6.45) is 0. The van der Waals surface area contributed by atoms with Crippen LogP contribution >= 0.6 is 12.2 Å². The van der Waals surface area contributed by atoms with Crippen molar-refractivity contribution in [2.45, 2.75) is 6.92 Å². The van der Waals surface area contributed by atoms with E-state index < -0.39 is 0 Å². The van der Waals surface area contributed by atoms with Gasteiger partial charge in [0.05, 0.1) is 0 Å². The van der Waals surface area contributed by atoms with Gasteiger partial charge in [-0.15, -0.1) is 0 Å². The summed E-state index contributed by atoms with van der Waals surface area (Å²) < 4.78 is 11.0. The van der Waals surface area contributed by atoms with Crippen molar-refractivity contribution >= 4 is 28.7 Å². The number of aryl methyl sites for hydroxylation is 1. The number of hydrogen-bond acceptors (Lipinski definition) is 3. The molecule has 1 heterocycles. The van der Waals surface area contributed by atoms with Gasteiger partial charge in [0.25, 0.3) is 0 Å². The van der Waals surface area contributed by atoms with E-state index in [2.05, 4.69) is 10.6 Å². The molecule has 0 unspecified atom stereocenters. The van der Waals surface area contributed by atoms with Crippen LogP contribution in [-0.2, 0) is 0 Å². The second-order valence-corrected chi connectivity index (χ2v) is 5.22. The highest BCUT2D eigenvalue weighted by Gasteiger charge is 2.12. The zero-order valence-corrected chi connectivity index (χ0v) is 12.5. The van der Waals surface area contributed by atoms with Crippen molar-refractivity contribution in [2.75, 3.05) is 23.8 Å². The molecule has 2 aromatic rings. The molecule has 4 nitrogen and oxygen atoms in total. The SMILES string of the molecule is Cc1cccc(NC(=S)Nc2ccc3c(c2)OCCO3)c1. The third-order valence-corrected chi connectivity index (χ3v) is 3.28. The predicted molar refractivity (Wildman–Crippen MR) is 88.5 cm³/mol. The molecule has 0 aromatic heterocycles. The number of ether oxygens (including phenoxy) is 2. The Labute approximate surface area is 129 Å². The molecule has 1 aliphatic rings. The highest BCUT2D eigenvalue weighted by atomic mass is 32.1. The molecule has 0 aliphatic carbocycles. The van der Waals surface area contributed by atoms with Crippen LogP contribution in [0.5, 0.6) is 11.5 Å². The number of nitrogens with one attached hydrogen (secondary N) is 2. The lowest BCUT2D eigenvalue weighted by molar-refractivity contribution is 0.171. The smallest absolute Gasteiger partial charge is 0.175 e. The van der Waals surface area contributed by atoms with Gasteiger partial charge < -0.3 is 20.1 Å². The molecule has 0 atom stereocenters. The van der Waals surface area contributed by atoms with E-state index in [0.717, 1.165) is 22.9 Å². The number of fused-ring (bicyclic) bond motifs is 1. The fourth-order valence-electron chi connectivity index (χ4n) is 2.14. The Morgan fingerprint density at radius 1 is 0.952 bits per heavy atom. The molecule has 1 aliphatic heterocycles. The van der Waals surface area contributed by atoms with Crippen LogP contribution in [0.2, 0.25) is 0 Å². The van der Waals surface area contributed by atoms with Crippen LogP contribution in [-0.4, -0.2) is 18.3 Å². The summed E-state index contributed by atoms with van der Waals surface area (Å²) in [4.78, 5) is 0. The molecule has 5 heteroatoms. The van der Waals surface area contributed by atoms with E-state index >= 15 is 0 Å². The van der Waals surface area contributed by atoms with Crippen molar-refractivity contribution < 1.29 is 9.47 Å². The minimum absolute atomic E-state index is 0.539. The lowest BCUT2D eigenvalue weighted by Crippen LogP contribution is -2.20. The summed E-state index contributed by atoms with van der Waals surface area (Å²) in [6, 6.07) is 13.7. The van der Waals surface area contributed by atoms with Gasteiger partial charge in [-0.2, -0.15) is 0 Å². The van der Waals surface area contributed by atoms with E-state index in [4.69, 9.17) is 21.7 Å². The minimum Gasteiger partial charge on any atom is -0.486 e. The molecule has 2 N–H and O–H groups in total. The van der Waals surface area contributed by atoms with E-state index in [1.807, 2.05) is 49.4 Å². The zero-order chi connectivity index (χ0) is 14.7. The topological polar surface area (TPSA) is 42.5 Å². The van der Waals surface area contributed by atoms with E-state index in [9.17, 15) is 0 Å². The molecular formula is C16H16N2O2S. The Morgan fingerprint density at radius 3 is 2.43 bits per heavy atom. The third kappa shape index (κ3) is 3.44. The highest BCUT2D eigenvalue weighted by Crippen LogP contribution is 2.32. The molecule has 0 radical (unpaired) electrons. The maximum atomic E-state index is 5.55. The number of hydrogen-bond donors (Lipinski definition) is 2. The summed E-state index contributed by atoms with van der Waals surface area (Å²) in [7, 11) is 0. The number of benzene rings is 2. The van der Waals surface area contributed by atoms with Crippen LogP contribution in [0.3, 0.4) is 0 Å². The predicted octanol–water partition coefficient (Wildman–Crippen LogP) is 3.58. The number of anilines is 2. The van der Waals surface area contributed by atoms with Crippen molar-refractivity contribution in [1.29, 1.82) is 0 Å². The lowest BCUT2D eigenvalue weighted by atomic mass is 10.2. The first-order valence-corrected chi connectivity index (χ1v) is 7.16. The third-order valence-electron chi connectivity index (χ3n) is 3.08. The van der Waals surface area contributed by atoms with Crippen molar-refractivity contribution in [3.05, 3.63) is 48.0 Å². The second kappa shape index (κ2) is 6.01. The molecule has 108 valence electrons. The van der Waals surface area contributed by atoms with Crippen LogP contribution < -0.4 is 20.1 Å². The number of rotatable bonds is 2. The molecular weight excluding hydrogens is 284 g/mol. The minimum atomic E-state index is 0.539. The maximum absolute atomic E-state index is 5.55. The van der Waals surface area contributed by atoms with E-state index in [0.29, 0.717) is 18.3 Å². The van der Waals surface area contributed by atoms with Crippen molar-refractivity contribution in [3.8, 4) is 11.5 Å². The van der Waals surface area contributed by atoms with E-state index in [1.165, 1.54) is 5.56 Å². The van der Waals surface area contributed by atoms with Gasteiger partial charge in [-0.1, -0.05) is 12.1 Å². The molecule has 0 saturated heterocycles. The second-order valence-electron chi connectivity index (χ2n) is 4.81. The fourth-order valence-corrected chi connectivity index (χ4v) is 2.37. The first kappa shape index (κ1) is 13.7. The Morgan fingerprint density at radius 2 is 1.67 bits per heavy atom. The van der Waals surface area contributed by atoms with E-state index in [-0.39, 0.29) is 0 Å². The van der Waals surface area contributed by atoms with Crippen molar-refractivity contribution in [2.24, 2.45) is 0 Å². The van der Waals surface area contributed by atoms with Gasteiger partial charge in [0.15, 0.2) is 16.6 Å². The summed E-state index contributed by atoms with van der Waals surface area (Å²) >= 11 is 5.32. The molecule has 0 bridgehead atoms. The van der Waals surface area contributed by atoms with Crippen LogP contribution in [0.25, 0.3) is 0 Å². The van der Waals surface area contributed by atoms with Crippen LogP contribution in [0.1, 0.15) is 5.56 Å². The van der Waals surface area contributed by atoms with Crippen molar-refractivity contribution in [1.82, 2.24) is 0 Å². The van der Waals surface area contributed by atoms with Crippen LogP contribution in [0.4, 0.5) is 11.4 Å². The van der Waals surface area contributed by atoms with E-state index in [1.54, 1.807) is 0 Å². The summed E-state index contributed by atoms with van der Waals surface area (Å²) in [5.74, 6) is 1.51. The average Bonchev–Trinajstić information content (AvgIpc) is 2.47. The average molecular weight is 300 g/mol. The van der Waals surface area contributed by atoms with Gasteiger partial charge in [0, 0.05) is 17.4 Å².